The number of benzene rings is 2. The van der Waals surface area contributed by atoms with Crippen LogP contribution >= 0.6 is 37.5 Å². The number of aryl methyl sites for hydroxylation is 2. The summed E-state index contributed by atoms with van der Waals surface area (Å²) in [5.41, 5.74) is 4.57. The highest BCUT2D eigenvalue weighted by Crippen LogP contribution is 2.29. The Hall–Kier alpha value is -1.43. The molecule has 24 heavy (non-hydrogen) atoms. The smallest absolute Gasteiger partial charge is 0.190 e. The van der Waals surface area contributed by atoms with E-state index in [1.165, 1.54) is 11.1 Å². The average Bonchev–Trinajstić information content (AvgIpc) is 2.84. The Labute approximate surface area is 159 Å². The fourth-order valence-corrected chi connectivity index (χ4v) is 3.93. The van der Waals surface area contributed by atoms with Crippen LogP contribution < -0.4 is 0 Å². The van der Waals surface area contributed by atoms with Crippen molar-refractivity contribution in [3.8, 4) is 11.4 Å². The molecule has 0 spiro atoms. The molecule has 0 bridgehead atoms. The van der Waals surface area contributed by atoms with E-state index in [-0.39, 0.29) is 0 Å². The van der Waals surface area contributed by atoms with Crippen LogP contribution in [0.15, 0.2) is 58.6 Å². The Morgan fingerprint density at radius 3 is 1.58 bits per heavy atom. The van der Waals surface area contributed by atoms with E-state index >= 15 is 0 Å². The van der Waals surface area contributed by atoms with Crippen molar-refractivity contribution in [2.45, 2.75) is 36.7 Å². The molecular formula is C19H20N2S3. The lowest BCUT2D eigenvalue weighted by Crippen LogP contribution is -1.99. The molecule has 0 N–H and O–H groups in total. The van der Waals surface area contributed by atoms with Crippen molar-refractivity contribution in [2.75, 3.05) is 0 Å². The van der Waals surface area contributed by atoms with Crippen molar-refractivity contribution in [1.82, 2.24) is 9.13 Å². The highest BCUT2D eigenvalue weighted by atomic mass is 32.1. The fraction of sp³-hybridized carbons (Fsp3) is 0.211. The minimum Gasteiger partial charge on any atom is -0.279 e. The van der Waals surface area contributed by atoms with Crippen LogP contribution in [0.3, 0.4) is 0 Å². The van der Waals surface area contributed by atoms with Crippen LogP contribution in [0.1, 0.15) is 25.0 Å². The molecule has 2 nitrogen and oxygen atoms in total. The van der Waals surface area contributed by atoms with Crippen LogP contribution in [0.25, 0.3) is 11.4 Å². The van der Waals surface area contributed by atoms with Crippen LogP contribution in [0.4, 0.5) is 0 Å². The fourth-order valence-electron chi connectivity index (χ4n) is 2.78. The number of hydrogen-bond donors (Lipinski definition) is 2. The molecule has 5 heteroatoms. The van der Waals surface area contributed by atoms with Gasteiger partial charge in [0.15, 0.2) is 4.77 Å². The zero-order valence-corrected chi connectivity index (χ0v) is 16.3. The molecule has 3 rings (SSSR count). The normalized spacial score (nSPS) is 11.0. The predicted octanol–water partition coefficient (Wildman–Crippen LogP) is 5.70. The lowest BCUT2D eigenvalue weighted by Gasteiger charge is -2.08. The third-order valence-electron chi connectivity index (χ3n) is 4.16. The summed E-state index contributed by atoms with van der Waals surface area (Å²) < 4.78 is 4.61. The van der Waals surface area contributed by atoms with Gasteiger partial charge in [-0.1, -0.05) is 38.1 Å². The van der Waals surface area contributed by atoms with Gasteiger partial charge in [0.05, 0.1) is 0 Å². The van der Waals surface area contributed by atoms with E-state index in [9.17, 15) is 0 Å². The SMILES string of the molecule is CCc1cccc(-n2c(S)c(S)n(-c3cccc(CC)c3)c2=S)c1. The van der Waals surface area contributed by atoms with Gasteiger partial charge in [0.1, 0.15) is 10.1 Å². The van der Waals surface area contributed by atoms with Crippen LogP contribution in [0.2, 0.25) is 0 Å². The Balaban J connectivity index is 2.22. The summed E-state index contributed by atoms with van der Waals surface area (Å²) in [5.74, 6) is 0. The Morgan fingerprint density at radius 2 is 1.21 bits per heavy atom. The van der Waals surface area contributed by atoms with Crippen LogP contribution in [0, 0.1) is 4.77 Å². The van der Waals surface area contributed by atoms with E-state index in [1.807, 2.05) is 9.13 Å². The van der Waals surface area contributed by atoms with Crippen molar-refractivity contribution in [3.05, 3.63) is 64.4 Å². The van der Waals surface area contributed by atoms with Crippen molar-refractivity contribution < 1.29 is 0 Å². The molecule has 0 radical (unpaired) electrons. The number of nitrogens with zero attached hydrogens (tertiary/aromatic N) is 2. The molecule has 0 aliphatic heterocycles. The molecule has 0 fully saturated rings. The van der Waals surface area contributed by atoms with E-state index < -0.39 is 0 Å². The molecule has 0 saturated carbocycles. The molecule has 1 heterocycles. The second-order valence-electron chi connectivity index (χ2n) is 5.65. The Bertz CT molecular complexity index is 864. The highest BCUT2D eigenvalue weighted by molar-refractivity contribution is 7.83. The van der Waals surface area contributed by atoms with E-state index in [0.717, 1.165) is 34.3 Å². The van der Waals surface area contributed by atoms with Gasteiger partial charge >= 0.3 is 0 Å². The first kappa shape index (κ1) is 17.4. The largest absolute Gasteiger partial charge is 0.279 e. The van der Waals surface area contributed by atoms with Gasteiger partial charge in [-0.3, -0.25) is 9.13 Å². The van der Waals surface area contributed by atoms with Crippen LogP contribution in [0.5, 0.6) is 0 Å². The first-order valence-electron chi connectivity index (χ1n) is 8.01. The number of hydrogen-bond acceptors (Lipinski definition) is 3. The van der Waals surface area contributed by atoms with Gasteiger partial charge < -0.3 is 0 Å². The summed E-state index contributed by atoms with van der Waals surface area (Å²) in [6.07, 6.45) is 1.96. The van der Waals surface area contributed by atoms with Crippen LogP contribution in [-0.4, -0.2) is 9.13 Å². The molecule has 1 aromatic heterocycles. The van der Waals surface area contributed by atoms with Gasteiger partial charge in [0.25, 0.3) is 0 Å². The number of aromatic nitrogens is 2. The molecule has 0 amide bonds. The van der Waals surface area contributed by atoms with E-state index in [1.54, 1.807) is 0 Å². The quantitative estimate of drug-likeness (QED) is 0.441. The molecule has 0 saturated heterocycles. The first-order valence-corrected chi connectivity index (χ1v) is 9.31. The second kappa shape index (κ2) is 7.21. The lowest BCUT2D eigenvalue weighted by atomic mass is 10.1. The van der Waals surface area contributed by atoms with Gasteiger partial charge in [0, 0.05) is 11.4 Å². The predicted molar refractivity (Wildman–Crippen MR) is 109 cm³/mol. The maximum absolute atomic E-state index is 5.75. The van der Waals surface area contributed by atoms with Gasteiger partial charge in [-0.25, -0.2) is 0 Å². The molecule has 0 atom stereocenters. The van der Waals surface area contributed by atoms with Crippen molar-refractivity contribution in [3.63, 3.8) is 0 Å². The summed E-state index contributed by atoms with van der Waals surface area (Å²) in [5, 5.41) is 1.50. The summed E-state index contributed by atoms with van der Waals surface area (Å²) >= 11 is 15.1. The maximum Gasteiger partial charge on any atom is 0.190 e. The topological polar surface area (TPSA) is 9.86 Å². The minimum atomic E-state index is 0.673. The van der Waals surface area contributed by atoms with Gasteiger partial charge in [-0.15, -0.1) is 25.3 Å². The van der Waals surface area contributed by atoms with Gasteiger partial charge in [-0.05, 0) is 60.5 Å². The third-order valence-corrected chi connectivity index (χ3v) is 5.53. The minimum absolute atomic E-state index is 0.673. The summed E-state index contributed by atoms with van der Waals surface area (Å²) in [7, 11) is 0. The number of rotatable bonds is 4. The Morgan fingerprint density at radius 1 is 0.792 bits per heavy atom. The molecular weight excluding hydrogens is 352 g/mol. The molecule has 3 aromatic rings. The van der Waals surface area contributed by atoms with Gasteiger partial charge in [0.2, 0.25) is 0 Å². The van der Waals surface area contributed by atoms with E-state index in [0.29, 0.717) is 4.77 Å². The molecule has 2 aromatic carbocycles. The summed E-state index contributed by atoms with van der Waals surface area (Å²) in [6.45, 7) is 4.29. The first-order chi connectivity index (χ1) is 11.6. The average molecular weight is 373 g/mol. The monoisotopic (exact) mass is 372 g/mol. The second-order valence-corrected chi connectivity index (χ2v) is 6.86. The molecule has 0 aliphatic carbocycles. The number of imidazole rings is 1. The third kappa shape index (κ3) is 3.08. The van der Waals surface area contributed by atoms with E-state index in [4.69, 9.17) is 12.2 Å². The van der Waals surface area contributed by atoms with Crippen LogP contribution in [-0.2, 0) is 12.8 Å². The summed E-state index contributed by atoms with van der Waals surface area (Å²) in [6, 6.07) is 16.7. The molecule has 124 valence electrons. The zero-order valence-electron chi connectivity index (χ0n) is 13.7. The Kier molecular flexibility index (Phi) is 5.23. The number of thiol groups is 2. The zero-order chi connectivity index (χ0) is 17.3. The lowest BCUT2D eigenvalue weighted by molar-refractivity contribution is 0.907. The van der Waals surface area contributed by atoms with Gasteiger partial charge in [-0.2, -0.15) is 0 Å². The molecule has 0 aliphatic rings. The highest BCUT2D eigenvalue weighted by Gasteiger charge is 2.15. The summed E-state index contributed by atoms with van der Waals surface area (Å²) in [4.78, 5) is 0. The van der Waals surface area contributed by atoms with Crippen molar-refractivity contribution in [2.24, 2.45) is 0 Å². The molecule has 0 unspecified atom stereocenters. The van der Waals surface area contributed by atoms with Crippen molar-refractivity contribution >= 4 is 37.5 Å². The van der Waals surface area contributed by atoms with Crippen molar-refractivity contribution in [1.29, 1.82) is 0 Å². The standard InChI is InChI=1S/C19H20N2S3/c1-3-13-7-5-9-15(11-13)20-17(22)18(23)21(19(20)24)16-10-6-8-14(4-2)12-16/h5-12,22-23H,3-4H2,1-2H3. The maximum atomic E-state index is 5.75. The van der Waals surface area contributed by atoms with E-state index in [2.05, 4.69) is 87.6 Å².